The Balaban J connectivity index is 1.50. The van der Waals surface area contributed by atoms with Gasteiger partial charge in [-0.1, -0.05) is 29.8 Å². The summed E-state index contributed by atoms with van der Waals surface area (Å²) in [5.74, 6) is 0.794. The highest BCUT2D eigenvalue weighted by Crippen LogP contribution is 2.26. The Hall–Kier alpha value is -4.16. The van der Waals surface area contributed by atoms with E-state index < -0.39 is 0 Å². The van der Waals surface area contributed by atoms with Gasteiger partial charge in [0.15, 0.2) is 0 Å². The van der Waals surface area contributed by atoms with Crippen molar-refractivity contribution in [1.82, 2.24) is 14.8 Å². The van der Waals surface area contributed by atoms with Crippen LogP contribution in [0, 0.1) is 0 Å². The Morgan fingerprint density at radius 1 is 1.00 bits per heavy atom. The van der Waals surface area contributed by atoms with Gasteiger partial charge < -0.3 is 4.74 Å². The number of benzene rings is 3. The molecule has 0 spiro atoms. The van der Waals surface area contributed by atoms with Crippen molar-refractivity contribution in [1.29, 1.82) is 0 Å². The zero-order valence-electron chi connectivity index (χ0n) is 17.8. The van der Waals surface area contributed by atoms with Crippen molar-refractivity contribution in [2.75, 3.05) is 12.5 Å². The highest BCUT2D eigenvalue weighted by atomic mass is 35.5. The Kier molecular flexibility index (Phi) is 5.74. The lowest BCUT2D eigenvalue weighted by Gasteiger charge is -2.05. The standard InChI is InChI=1S/C26H20ClN5O/c1-33-22-10-7-18(8-11-22)26-19(17-32(31-26)21-5-3-2-4-6-21)16-29-30-24-13-14-28-25-15-20(27)9-12-23(24)25/h2-17H,1H3,(H,28,30)/b29-16+. The summed E-state index contributed by atoms with van der Waals surface area (Å²) in [4.78, 5) is 4.37. The van der Waals surface area contributed by atoms with Crippen LogP contribution in [0.2, 0.25) is 5.02 Å². The number of anilines is 1. The molecule has 6 nitrogen and oxygen atoms in total. The maximum absolute atomic E-state index is 6.10. The number of hydrazone groups is 1. The number of aromatic nitrogens is 3. The number of hydrogen-bond donors (Lipinski definition) is 1. The second-order valence-corrected chi connectivity index (χ2v) is 7.77. The van der Waals surface area contributed by atoms with Gasteiger partial charge in [0.05, 0.1) is 30.2 Å². The van der Waals surface area contributed by atoms with E-state index in [0.717, 1.165) is 44.8 Å². The Morgan fingerprint density at radius 3 is 2.61 bits per heavy atom. The van der Waals surface area contributed by atoms with Crippen molar-refractivity contribution in [2.45, 2.75) is 0 Å². The molecule has 7 heteroatoms. The van der Waals surface area contributed by atoms with Crippen molar-refractivity contribution in [3.05, 3.63) is 102 Å². The van der Waals surface area contributed by atoms with Crippen molar-refractivity contribution in [2.24, 2.45) is 5.10 Å². The first-order valence-corrected chi connectivity index (χ1v) is 10.7. The molecule has 0 saturated carbocycles. The van der Waals surface area contributed by atoms with E-state index in [1.165, 1.54) is 0 Å². The molecule has 1 N–H and O–H groups in total. The molecule has 0 atom stereocenters. The Morgan fingerprint density at radius 2 is 1.82 bits per heavy atom. The molecule has 0 fully saturated rings. The summed E-state index contributed by atoms with van der Waals surface area (Å²) in [6.45, 7) is 0. The van der Waals surface area contributed by atoms with E-state index in [4.69, 9.17) is 21.4 Å². The van der Waals surface area contributed by atoms with E-state index in [0.29, 0.717) is 5.02 Å². The minimum Gasteiger partial charge on any atom is -0.497 e. The van der Waals surface area contributed by atoms with E-state index >= 15 is 0 Å². The molecule has 5 rings (SSSR count). The van der Waals surface area contributed by atoms with E-state index in [9.17, 15) is 0 Å². The summed E-state index contributed by atoms with van der Waals surface area (Å²) < 4.78 is 7.14. The van der Waals surface area contributed by atoms with E-state index in [1.807, 2.05) is 89.7 Å². The Labute approximate surface area is 196 Å². The number of hydrogen-bond acceptors (Lipinski definition) is 5. The fourth-order valence-corrected chi connectivity index (χ4v) is 3.72. The van der Waals surface area contributed by atoms with Crippen LogP contribution in [0.25, 0.3) is 27.8 Å². The number of fused-ring (bicyclic) bond motifs is 1. The average molecular weight is 454 g/mol. The molecule has 0 aliphatic heterocycles. The monoisotopic (exact) mass is 453 g/mol. The fraction of sp³-hybridized carbons (Fsp3) is 0.0385. The largest absolute Gasteiger partial charge is 0.497 e. The third kappa shape index (κ3) is 4.42. The van der Waals surface area contributed by atoms with Gasteiger partial charge in [0.2, 0.25) is 0 Å². The predicted octanol–water partition coefficient (Wildman–Crippen LogP) is 6.20. The first-order valence-electron chi connectivity index (χ1n) is 10.3. The van der Waals surface area contributed by atoms with Gasteiger partial charge in [-0.05, 0) is 60.7 Å². The minimum absolute atomic E-state index is 0.646. The van der Waals surface area contributed by atoms with Crippen molar-refractivity contribution >= 4 is 34.4 Å². The first-order chi connectivity index (χ1) is 16.2. The Bertz CT molecular complexity index is 1430. The molecule has 0 bridgehead atoms. The van der Waals surface area contributed by atoms with Crippen LogP contribution >= 0.6 is 11.6 Å². The number of halogens is 1. The molecule has 0 unspecified atom stereocenters. The van der Waals surface area contributed by atoms with Crippen LogP contribution < -0.4 is 10.2 Å². The summed E-state index contributed by atoms with van der Waals surface area (Å²) >= 11 is 6.10. The van der Waals surface area contributed by atoms with Gasteiger partial charge in [-0.3, -0.25) is 10.4 Å². The molecule has 3 aromatic carbocycles. The molecular formula is C26H20ClN5O. The number of nitrogens with one attached hydrogen (secondary N) is 1. The number of pyridine rings is 1. The van der Waals surface area contributed by atoms with Gasteiger partial charge in [0, 0.05) is 33.9 Å². The first kappa shape index (κ1) is 20.7. The molecule has 33 heavy (non-hydrogen) atoms. The lowest BCUT2D eigenvalue weighted by Crippen LogP contribution is -1.94. The van der Waals surface area contributed by atoms with Gasteiger partial charge in [0.25, 0.3) is 0 Å². The average Bonchev–Trinajstić information content (AvgIpc) is 3.29. The van der Waals surface area contributed by atoms with Crippen LogP contribution in [0.15, 0.2) is 96.4 Å². The van der Waals surface area contributed by atoms with Crippen LogP contribution in [-0.4, -0.2) is 28.1 Å². The lowest BCUT2D eigenvalue weighted by atomic mass is 10.1. The summed E-state index contributed by atoms with van der Waals surface area (Å²) in [5, 5.41) is 10.9. The maximum atomic E-state index is 6.10. The summed E-state index contributed by atoms with van der Waals surface area (Å²) in [6.07, 6.45) is 5.46. The highest BCUT2D eigenvalue weighted by molar-refractivity contribution is 6.31. The number of ether oxygens (including phenoxy) is 1. The zero-order valence-corrected chi connectivity index (χ0v) is 18.6. The van der Waals surface area contributed by atoms with Gasteiger partial charge in [-0.2, -0.15) is 10.2 Å². The van der Waals surface area contributed by atoms with Crippen molar-refractivity contribution in [3.63, 3.8) is 0 Å². The zero-order chi connectivity index (χ0) is 22.6. The molecule has 0 amide bonds. The van der Waals surface area contributed by atoms with Crippen LogP contribution in [-0.2, 0) is 0 Å². The highest BCUT2D eigenvalue weighted by Gasteiger charge is 2.11. The van der Waals surface area contributed by atoms with Crippen LogP contribution in [0.5, 0.6) is 5.75 Å². The third-order valence-electron chi connectivity index (χ3n) is 5.22. The molecule has 0 aliphatic carbocycles. The quantitative estimate of drug-likeness (QED) is 0.246. The van der Waals surface area contributed by atoms with Crippen molar-refractivity contribution < 1.29 is 4.74 Å². The van der Waals surface area contributed by atoms with Crippen LogP contribution in [0.4, 0.5) is 5.69 Å². The maximum Gasteiger partial charge on any atom is 0.118 e. The lowest BCUT2D eigenvalue weighted by molar-refractivity contribution is 0.415. The molecule has 0 radical (unpaired) electrons. The van der Waals surface area contributed by atoms with Crippen LogP contribution in [0.1, 0.15) is 5.56 Å². The van der Waals surface area contributed by atoms with Gasteiger partial charge in [-0.15, -0.1) is 0 Å². The summed E-state index contributed by atoms with van der Waals surface area (Å²) in [5.41, 5.74) is 8.41. The fourth-order valence-electron chi connectivity index (χ4n) is 3.56. The van der Waals surface area contributed by atoms with E-state index in [1.54, 1.807) is 19.5 Å². The summed E-state index contributed by atoms with van der Waals surface area (Å²) in [7, 11) is 1.65. The summed E-state index contributed by atoms with van der Waals surface area (Å²) in [6, 6.07) is 25.3. The third-order valence-corrected chi connectivity index (χ3v) is 5.46. The van der Waals surface area contributed by atoms with E-state index in [-0.39, 0.29) is 0 Å². The SMILES string of the molecule is COc1ccc(-c2nn(-c3ccccc3)cc2/C=N/Nc2ccnc3cc(Cl)ccc23)cc1. The number of methoxy groups -OCH3 is 1. The molecule has 0 aliphatic rings. The smallest absolute Gasteiger partial charge is 0.118 e. The predicted molar refractivity (Wildman–Crippen MR) is 134 cm³/mol. The number of nitrogens with zero attached hydrogens (tertiary/aromatic N) is 4. The molecule has 2 heterocycles. The molecular weight excluding hydrogens is 434 g/mol. The van der Waals surface area contributed by atoms with Gasteiger partial charge in [-0.25, -0.2) is 4.68 Å². The molecule has 2 aromatic heterocycles. The molecule has 0 saturated heterocycles. The topological polar surface area (TPSA) is 64.3 Å². The second kappa shape index (κ2) is 9.14. The van der Waals surface area contributed by atoms with Gasteiger partial charge in [0.1, 0.15) is 11.4 Å². The van der Waals surface area contributed by atoms with E-state index in [2.05, 4.69) is 15.5 Å². The molecule has 5 aromatic rings. The van der Waals surface area contributed by atoms with Crippen molar-refractivity contribution in [3.8, 4) is 22.7 Å². The van der Waals surface area contributed by atoms with Gasteiger partial charge >= 0.3 is 0 Å². The second-order valence-electron chi connectivity index (χ2n) is 7.33. The minimum atomic E-state index is 0.646. The number of para-hydroxylation sites is 1. The molecule has 162 valence electrons. The normalized spacial score (nSPS) is 11.2. The van der Waals surface area contributed by atoms with Crippen LogP contribution in [0.3, 0.4) is 0 Å². The number of rotatable bonds is 6.